The molecule has 8 heteroatoms. The van der Waals surface area contributed by atoms with Crippen molar-refractivity contribution in [3.05, 3.63) is 40.5 Å². The van der Waals surface area contributed by atoms with Gasteiger partial charge in [0.2, 0.25) is 0 Å². The highest BCUT2D eigenvalue weighted by atomic mass is 16.1. The molecule has 114 valence electrons. The van der Waals surface area contributed by atoms with Crippen molar-refractivity contribution in [1.29, 1.82) is 0 Å². The van der Waals surface area contributed by atoms with Crippen LogP contribution >= 0.6 is 0 Å². The number of nitrogens with one attached hydrogen (secondary N) is 2. The van der Waals surface area contributed by atoms with Crippen molar-refractivity contribution >= 4 is 16.9 Å². The lowest BCUT2D eigenvalue weighted by Gasteiger charge is -2.08. The van der Waals surface area contributed by atoms with Gasteiger partial charge in [0.05, 0.1) is 30.1 Å². The molecule has 0 bridgehead atoms. The molecule has 0 aromatic carbocycles. The average Bonchev–Trinajstić information content (AvgIpc) is 2.87. The van der Waals surface area contributed by atoms with Gasteiger partial charge in [0.1, 0.15) is 11.6 Å². The normalized spacial score (nSPS) is 11.0. The zero-order valence-electron chi connectivity index (χ0n) is 12.5. The highest BCUT2D eigenvalue weighted by Gasteiger charge is 2.11. The van der Waals surface area contributed by atoms with Crippen LogP contribution in [0.5, 0.6) is 0 Å². The van der Waals surface area contributed by atoms with E-state index in [4.69, 9.17) is 0 Å². The summed E-state index contributed by atoms with van der Waals surface area (Å²) in [4.78, 5) is 27.0. The molecule has 0 radical (unpaired) electrons. The second-order valence-electron chi connectivity index (χ2n) is 5.00. The van der Waals surface area contributed by atoms with Gasteiger partial charge in [0, 0.05) is 19.5 Å². The van der Waals surface area contributed by atoms with Crippen LogP contribution in [0.15, 0.2) is 23.4 Å². The number of rotatable bonds is 5. The molecule has 0 atom stereocenters. The largest absolute Gasteiger partial charge is 0.364 e. The van der Waals surface area contributed by atoms with Crippen molar-refractivity contribution in [3.63, 3.8) is 0 Å². The maximum Gasteiger partial charge on any atom is 0.250 e. The predicted octanol–water partition coefficient (Wildman–Crippen LogP) is 1.01. The molecular weight excluding hydrogens is 282 g/mol. The van der Waals surface area contributed by atoms with Gasteiger partial charge < -0.3 is 10.3 Å². The molecule has 2 N–H and O–H groups in total. The van der Waals surface area contributed by atoms with Crippen LogP contribution < -0.4 is 10.9 Å². The molecule has 22 heavy (non-hydrogen) atoms. The third-order valence-electron chi connectivity index (χ3n) is 3.28. The van der Waals surface area contributed by atoms with Gasteiger partial charge in [-0.15, -0.1) is 0 Å². The number of nitrogens with zero attached hydrogens (tertiary/aromatic N) is 5. The zero-order valence-corrected chi connectivity index (χ0v) is 12.5. The van der Waals surface area contributed by atoms with Crippen LogP contribution in [0.2, 0.25) is 0 Å². The first kappa shape index (κ1) is 14.2. The lowest BCUT2D eigenvalue weighted by Crippen LogP contribution is -2.11. The summed E-state index contributed by atoms with van der Waals surface area (Å²) in [5, 5.41) is 8.31. The van der Waals surface area contributed by atoms with Crippen LogP contribution in [0.25, 0.3) is 11.0 Å². The second kappa shape index (κ2) is 5.92. The number of hydrogen-bond donors (Lipinski definition) is 2. The SMILES string of the molecule is CCCc1nc(NCc2cc(=O)[nH]cn2)c2cnn(C)c2n1. The van der Waals surface area contributed by atoms with Crippen molar-refractivity contribution in [2.24, 2.45) is 7.05 Å². The minimum atomic E-state index is -0.173. The summed E-state index contributed by atoms with van der Waals surface area (Å²) in [6, 6.07) is 1.46. The van der Waals surface area contributed by atoms with E-state index in [2.05, 4.69) is 37.3 Å². The Morgan fingerprint density at radius 1 is 1.36 bits per heavy atom. The Bertz CT molecular complexity index is 852. The molecule has 3 heterocycles. The third kappa shape index (κ3) is 2.80. The van der Waals surface area contributed by atoms with Crippen molar-refractivity contribution in [2.45, 2.75) is 26.3 Å². The molecular formula is C14H17N7O. The van der Waals surface area contributed by atoms with Crippen molar-refractivity contribution in [3.8, 4) is 0 Å². The average molecular weight is 299 g/mol. The predicted molar refractivity (Wildman–Crippen MR) is 82.5 cm³/mol. The van der Waals surface area contributed by atoms with Crippen LogP contribution in [-0.4, -0.2) is 29.7 Å². The summed E-state index contributed by atoms with van der Waals surface area (Å²) in [6.45, 7) is 2.50. The first-order valence-electron chi connectivity index (χ1n) is 7.13. The Kier molecular flexibility index (Phi) is 3.82. The van der Waals surface area contributed by atoms with Gasteiger partial charge in [0.15, 0.2) is 5.65 Å². The van der Waals surface area contributed by atoms with Gasteiger partial charge >= 0.3 is 0 Å². The van der Waals surface area contributed by atoms with Crippen LogP contribution in [0.4, 0.5) is 5.82 Å². The summed E-state index contributed by atoms with van der Waals surface area (Å²) < 4.78 is 1.73. The van der Waals surface area contributed by atoms with E-state index in [-0.39, 0.29) is 5.56 Å². The third-order valence-corrected chi connectivity index (χ3v) is 3.28. The number of hydrogen-bond acceptors (Lipinski definition) is 6. The van der Waals surface area contributed by atoms with E-state index >= 15 is 0 Å². The standard InChI is InChI=1S/C14H17N7O/c1-3-4-11-19-13(10-7-18-21(2)14(10)20-11)15-6-9-5-12(22)17-8-16-9/h5,7-8H,3-4,6H2,1-2H3,(H,15,19,20)(H,16,17,22). The molecule has 0 aliphatic rings. The van der Waals surface area contributed by atoms with Crippen molar-refractivity contribution < 1.29 is 0 Å². The highest BCUT2D eigenvalue weighted by molar-refractivity contribution is 5.86. The number of anilines is 1. The van der Waals surface area contributed by atoms with Crippen LogP contribution in [0.1, 0.15) is 24.9 Å². The fourth-order valence-electron chi connectivity index (χ4n) is 2.22. The topological polar surface area (TPSA) is 101 Å². The molecule has 0 aliphatic carbocycles. The van der Waals surface area contributed by atoms with E-state index in [1.54, 1.807) is 10.9 Å². The number of aryl methyl sites for hydroxylation is 2. The molecule has 0 aliphatic heterocycles. The van der Waals surface area contributed by atoms with E-state index in [0.717, 1.165) is 29.7 Å². The number of aromatic amines is 1. The Balaban J connectivity index is 1.93. The van der Waals surface area contributed by atoms with E-state index in [1.807, 2.05) is 7.05 Å². The molecule has 0 spiro atoms. The van der Waals surface area contributed by atoms with Gasteiger partial charge in [-0.2, -0.15) is 5.10 Å². The van der Waals surface area contributed by atoms with Gasteiger partial charge in [0.25, 0.3) is 5.56 Å². The quantitative estimate of drug-likeness (QED) is 0.729. The van der Waals surface area contributed by atoms with Gasteiger partial charge in [-0.25, -0.2) is 15.0 Å². The Labute approximate surface area is 126 Å². The van der Waals surface area contributed by atoms with Gasteiger partial charge in [-0.3, -0.25) is 9.48 Å². The smallest absolute Gasteiger partial charge is 0.250 e. The first-order valence-corrected chi connectivity index (χ1v) is 7.13. The Hall–Kier alpha value is -2.77. The van der Waals surface area contributed by atoms with E-state index in [0.29, 0.717) is 18.1 Å². The molecule has 0 amide bonds. The van der Waals surface area contributed by atoms with E-state index in [1.165, 1.54) is 12.4 Å². The summed E-state index contributed by atoms with van der Waals surface area (Å²) in [5.41, 5.74) is 1.27. The summed E-state index contributed by atoms with van der Waals surface area (Å²) in [5.74, 6) is 1.49. The van der Waals surface area contributed by atoms with Gasteiger partial charge in [-0.1, -0.05) is 6.92 Å². The number of H-pyrrole nitrogens is 1. The van der Waals surface area contributed by atoms with E-state index in [9.17, 15) is 4.79 Å². The fourth-order valence-corrected chi connectivity index (χ4v) is 2.22. The molecule has 3 aromatic heterocycles. The number of aromatic nitrogens is 6. The lowest BCUT2D eigenvalue weighted by molar-refractivity contribution is 0.772. The molecule has 0 saturated heterocycles. The Morgan fingerprint density at radius 2 is 2.23 bits per heavy atom. The van der Waals surface area contributed by atoms with Crippen LogP contribution in [-0.2, 0) is 20.0 Å². The first-order chi connectivity index (χ1) is 10.7. The van der Waals surface area contributed by atoms with Crippen LogP contribution in [0.3, 0.4) is 0 Å². The maximum atomic E-state index is 11.3. The molecule has 0 unspecified atom stereocenters. The highest BCUT2D eigenvalue weighted by Crippen LogP contribution is 2.20. The molecule has 8 nitrogen and oxygen atoms in total. The maximum absolute atomic E-state index is 11.3. The zero-order chi connectivity index (χ0) is 15.5. The van der Waals surface area contributed by atoms with Crippen molar-refractivity contribution in [1.82, 2.24) is 29.7 Å². The monoisotopic (exact) mass is 299 g/mol. The molecule has 3 rings (SSSR count). The minimum Gasteiger partial charge on any atom is -0.364 e. The Morgan fingerprint density at radius 3 is 3.00 bits per heavy atom. The van der Waals surface area contributed by atoms with Crippen LogP contribution in [0, 0.1) is 0 Å². The van der Waals surface area contributed by atoms with E-state index < -0.39 is 0 Å². The number of fused-ring (bicyclic) bond motifs is 1. The molecule has 0 saturated carbocycles. The lowest BCUT2D eigenvalue weighted by atomic mass is 10.3. The summed E-state index contributed by atoms with van der Waals surface area (Å²) in [6.07, 6.45) is 4.90. The minimum absolute atomic E-state index is 0.173. The van der Waals surface area contributed by atoms with Crippen molar-refractivity contribution in [2.75, 3.05) is 5.32 Å². The fraction of sp³-hybridized carbons (Fsp3) is 0.357. The summed E-state index contributed by atoms with van der Waals surface area (Å²) in [7, 11) is 1.85. The molecule has 0 fully saturated rings. The molecule has 3 aromatic rings. The summed E-state index contributed by atoms with van der Waals surface area (Å²) >= 11 is 0. The van der Waals surface area contributed by atoms with Gasteiger partial charge in [-0.05, 0) is 6.42 Å². The second-order valence-corrected chi connectivity index (χ2v) is 5.00.